The molecule has 0 bridgehead atoms. The lowest BCUT2D eigenvalue weighted by atomic mass is 9.70. The van der Waals surface area contributed by atoms with E-state index in [9.17, 15) is 9.90 Å². The lowest BCUT2D eigenvalue weighted by Gasteiger charge is -2.36. The summed E-state index contributed by atoms with van der Waals surface area (Å²) in [5, 5.41) is 15.6. The van der Waals surface area contributed by atoms with E-state index < -0.39 is 12.0 Å². The van der Waals surface area contributed by atoms with Crippen LogP contribution in [0.3, 0.4) is 0 Å². The van der Waals surface area contributed by atoms with Gasteiger partial charge in [0.15, 0.2) is 0 Å². The molecular formula is C14H20N2O2. The fourth-order valence-electron chi connectivity index (χ4n) is 2.96. The van der Waals surface area contributed by atoms with E-state index >= 15 is 0 Å². The van der Waals surface area contributed by atoms with Gasteiger partial charge in [-0.3, -0.25) is 4.79 Å². The molecule has 1 aliphatic rings. The van der Waals surface area contributed by atoms with Gasteiger partial charge in [0.1, 0.15) is 6.04 Å². The van der Waals surface area contributed by atoms with Crippen molar-refractivity contribution in [3.8, 4) is 0 Å². The first-order valence-corrected chi connectivity index (χ1v) is 6.21. The van der Waals surface area contributed by atoms with Crippen molar-refractivity contribution in [2.75, 3.05) is 18.9 Å². The van der Waals surface area contributed by atoms with Crippen molar-refractivity contribution in [2.24, 2.45) is 5.41 Å². The normalized spacial score (nSPS) is 20.1. The Balaban J connectivity index is 2.35. The molecule has 0 amide bonds. The Hall–Kier alpha value is -1.55. The van der Waals surface area contributed by atoms with Gasteiger partial charge in [-0.25, -0.2) is 0 Å². The van der Waals surface area contributed by atoms with Crippen LogP contribution in [0, 0.1) is 5.41 Å². The zero-order valence-electron chi connectivity index (χ0n) is 11.0. The summed E-state index contributed by atoms with van der Waals surface area (Å²) in [6.45, 7) is 4.81. The molecule has 1 aliphatic heterocycles. The van der Waals surface area contributed by atoms with Crippen LogP contribution in [0.4, 0.5) is 5.69 Å². The molecule has 3 N–H and O–H groups in total. The van der Waals surface area contributed by atoms with E-state index in [2.05, 4.69) is 16.7 Å². The maximum absolute atomic E-state index is 11.4. The minimum absolute atomic E-state index is 0.197. The lowest BCUT2D eigenvalue weighted by molar-refractivity contribution is -0.142. The molecule has 0 fully saturated rings. The molecule has 0 saturated carbocycles. The number of rotatable bonds is 4. The molecule has 0 spiro atoms. The van der Waals surface area contributed by atoms with Gasteiger partial charge in [0.25, 0.3) is 0 Å². The maximum Gasteiger partial charge on any atom is 0.321 e. The second kappa shape index (κ2) is 4.61. The Kier molecular flexibility index (Phi) is 3.30. The Morgan fingerprint density at radius 2 is 2.17 bits per heavy atom. The van der Waals surface area contributed by atoms with Crippen molar-refractivity contribution in [3.05, 3.63) is 29.8 Å². The third-order valence-electron chi connectivity index (χ3n) is 4.01. The second-order valence-corrected chi connectivity index (χ2v) is 5.40. The molecule has 0 saturated heterocycles. The number of anilines is 1. The van der Waals surface area contributed by atoms with Crippen LogP contribution in [-0.4, -0.2) is 30.7 Å². The van der Waals surface area contributed by atoms with Crippen molar-refractivity contribution in [2.45, 2.75) is 25.8 Å². The highest BCUT2D eigenvalue weighted by atomic mass is 16.4. The first kappa shape index (κ1) is 12.9. The zero-order chi connectivity index (χ0) is 13.3. The number of hydrogen-bond acceptors (Lipinski definition) is 3. The Labute approximate surface area is 107 Å². The number of para-hydroxylation sites is 1. The van der Waals surface area contributed by atoms with Gasteiger partial charge >= 0.3 is 5.97 Å². The molecule has 1 unspecified atom stereocenters. The van der Waals surface area contributed by atoms with Gasteiger partial charge in [0, 0.05) is 18.2 Å². The molecule has 0 aliphatic carbocycles. The third-order valence-corrected chi connectivity index (χ3v) is 4.01. The van der Waals surface area contributed by atoms with Crippen LogP contribution in [0.1, 0.15) is 25.3 Å². The van der Waals surface area contributed by atoms with Crippen molar-refractivity contribution in [1.29, 1.82) is 0 Å². The molecule has 4 heteroatoms. The summed E-state index contributed by atoms with van der Waals surface area (Å²) in [4.78, 5) is 11.4. The van der Waals surface area contributed by atoms with Gasteiger partial charge in [-0.2, -0.15) is 0 Å². The van der Waals surface area contributed by atoms with E-state index in [1.54, 1.807) is 7.05 Å². The first-order valence-electron chi connectivity index (χ1n) is 6.21. The maximum atomic E-state index is 11.4. The lowest BCUT2D eigenvalue weighted by Crippen LogP contribution is -2.49. The van der Waals surface area contributed by atoms with Crippen molar-refractivity contribution in [3.63, 3.8) is 0 Å². The summed E-state index contributed by atoms with van der Waals surface area (Å²) in [7, 11) is 1.70. The van der Waals surface area contributed by atoms with Crippen LogP contribution in [0.2, 0.25) is 0 Å². The number of hydrogen-bond donors (Lipinski definition) is 3. The molecule has 1 heterocycles. The van der Waals surface area contributed by atoms with Crippen LogP contribution in [-0.2, 0) is 4.79 Å². The third kappa shape index (κ3) is 1.97. The van der Waals surface area contributed by atoms with Gasteiger partial charge < -0.3 is 15.7 Å². The van der Waals surface area contributed by atoms with Crippen LogP contribution in [0.5, 0.6) is 0 Å². The highest BCUT2D eigenvalue weighted by Crippen LogP contribution is 2.44. The van der Waals surface area contributed by atoms with Crippen LogP contribution in [0.15, 0.2) is 24.3 Å². The number of carbonyl (C=O) groups is 1. The minimum atomic E-state index is -0.799. The summed E-state index contributed by atoms with van der Waals surface area (Å²) in [5.74, 6) is -0.603. The van der Waals surface area contributed by atoms with E-state index in [1.165, 1.54) is 5.56 Å². The number of carboxylic acids is 1. The quantitative estimate of drug-likeness (QED) is 0.761. The SMILES string of the molecule is CN[C@H](C(=O)O)C(C)(C)C1CNc2ccccc21. The largest absolute Gasteiger partial charge is 0.480 e. The van der Waals surface area contributed by atoms with E-state index in [0.717, 1.165) is 12.2 Å². The molecule has 0 aromatic heterocycles. The number of carboxylic acid groups (broad SMARTS) is 1. The summed E-state index contributed by atoms with van der Waals surface area (Å²) in [5.41, 5.74) is 1.97. The molecule has 98 valence electrons. The van der Waals surface area contributed by atoms with Crippen LogP contribution in [0.25, 0.3) is 0 Å². The minimum Gasteiger partial charge on any atom is -0.480 e. The monoisotopic (exact) mass is 248 g/mol. The van der Waals surface area contributed by atoms with Crippen LogP contribution < -0.4 is 10.6 Å². The molecular weight excluding hydrogens is 228 g/mol. The number of fused-ring (bicyclic) bond motifs is 1. The molecule has 0 radical (unpaired) electrons. The topological polar surface area (TPSA) is 61.4 Å². The van der Waals surface area contributed by atoms with Crippen LogP contribution >= 0.6 is 0 Å². The predicted octanol–water partition coefficient (Wildman–Crippen LogP) is 1.89. The zero-order valence-corrected chi connectivity index (χ0v) is 11.0. The number of aliphatic carboxylic acids is 1. The van der Waals surface area contributed by atoms with Crippen molar-refractivity contribution in [1.82, 2.24) is 5.32 Å². The fraction of sp³-hybridized carbons (Fsp3) is 0.500. The molecule has 18 heavy (non-hydrogen) atoms. The molecule has 2 rings (SSSR count). The molecule has 2 atom stereocenters. The predicted molar refractivity (Wildman–Crippen MR) is 71.9 cm³/mol. The molecule has 1 aromatic rings. The van der Waals surface area contributed by atoms with Crippen molar-refractivity contribution < 1.29 is 9.90 Å². The van der Waals surface area contributed by atoms with E-state index in [4.69, 9.17) is 0 Å². The van der Waals surface area contributed by atoms with Gasteiger partial charge in [-0.1, -0.05) is 32.0 Å². The summed E-state index contributed by atoms with van der Waals surface area (Å²) < 4.78 is 0. The Morgan fingerprint density at radius 1 is 1.50 bits per heavy atom. The number of benzene rings is 1. The van der Waals surface area contributed by atoms with Crippen molar-refractivity contribution >= 4 is 11.7 Å². The average molecular weight is 248 g/mol. The summed E-state index contributed by atoms with van der Waals surface area (Å²) >= 11 is 0. The van der Waals surface area contributed by atoms with Gasteiger partial charge in [-0.05, 0) is 24.1 Å². The number of likely N-dealkylation sites (N-methyl/N-ethyl adjacent to an activating group) is 1. The summed E-state index contributed by atoms with van der Waals surface area (Å²) in [6.07, 6.45) is 0. The highest BCUT2D eigenvalue weighted by Gasteiger charge is 2.43. The smallest absolute Gasteiger partial charge is 0.321 e. The van der Waals surface area contributed by atoms with Gasteiger partial charge in [-0.15, -0.1) is 0 Å². The fourth-order valence-corrected chi connectivity index (χ4v) is 2.96. The second-order valence-electron chi connectivity index (χ2n) is 5.40. The standard InChI is InChI=1S/C14H20N2O2/c1-14(2,12(15-3)13(17)18)10-8-16-11-7-5-4-6-9(10)11/h4-7,10,12,15-16H,8H2,1-3H3,(H,17,18)/t10?,12-/m1/s1. The highest BCUT2D eigenvalue weighted by molar-refractivity contribution is 5.75. The van der Waals surface area contributed by atoms with E-state index in [0.29, 0.717) is 0 Å². The average Bonchev–Trinajstić information content (AvgIpc) is 2.72. The van der Waals surface area contributed by atoms with E-state index in [-0.39, 0.29) is 11.3 Å². The Bertz CT molecular complexity index is 457. The number of nitrogens with one attached hydrogen (secondary N) is 2. The molecule has 1 aromatic carbocycles. The first-order chi connectivity index (χ1) is 8.48. The summed E-state index contributed by atoms with van der Waals surface area (Å²) in [6, 6.07) is 7.56. The van der Waals surface area contributed by atoms with E-state index in [1.807, 2.05) is 32.0 Å². The Morgan fingerprint density at radius 3 is 2.78 bits per heavy atom. The van der Waals surface area contributed by atoms with Gasteiger partial charge in [0.2, 0.25) is 0 Å². The van der Waals surface area contributed by atoms with Gasteiger partial charge in [0.05, 0.1) is 0 Å². The molecule has 4 nitrogen and oxygen atoms in total.